The monoisotopic (exact) mass is 215 g/mol. The van der Waals surface area contributed by atoms with Gasteiger partial charge in [-0.3, -0.25) is 0 Å². The molecule has 0 N–H and O–H groups in total. The van der Waals surface area contributed by atoms with Crippen molar-refractivity contribution >= 4 is 23.2 Å². The quantitative estimate of drug-likeness (QED) is 0.760. The maximum Gasteiger partial charge on any atom is 0.171 e. The number of rotatable bonds is 2. The molecule has 1 aromatic carbocycles. The van der Waals surface area contributed by atoms with Gasteiger partial charge in [-0.05, 0) is 12.1 Å². The molecule has 1 unspecified atom stereocenters. The number of nitriles is 1. The first-order valence-corrected chi connectivity index (χ1v) is 4.32. The number of hydrogen-bond acceptors (Lipinski definition) is 2. The van der Waals surface area contributed by atoms with Gasteiger partial charge in [-0.25, -0.2) is 0 Å². The molecule has 0 fully saturated rings. The summed E-state index contributed by atoms with van der Waals surface area (Å²) in [5.74, 6) is 0. The van der Waals surface area contributed by atoms with Crippen LogP contribution in [0.2, 0.25) is 10.0 Å². The number of methoxy groups -OCH3 is 1. The Bertz CT molecular complexity index is 326. The van der Waals surface area contributed by atoms with Gasteiger partial charge in [0.2, 0.25) is 0 Å². The van der Waals surface area contributed by atoms with Crippen molar-refractivity contribution in [1.82, 2.24) is 0 Å². The van der Waals surface area contributed by atoms with Crippen molar-refractivity contribution in [2.24, 2.45) is 0 Å². The zero-order chi connectivity index (χ0) is 9.84. The van der Waals surface area contributed by atoms with Crippen LogP contribution in [-0.2, 0) is 4.74 Å². The lowest BCUT2D eigenvalue weighted by atomic mass is 10.1. The molecule has 68 valence electrons. The summed E-state index contributed by atoms with van der Waals surface area (Å²) in [5.41, 5.74) is 0.524. The molecule has 2 nitrogen and oxygen atoms in total. The normalized spacial score (nSPS) is 12.2. The fourth-order valence-corrected chi connectivity index (χ4v) is 1.59. The van der Waals surface area contributed by atoms with Gasteiger partial charge < -0.3 is 4.74 Å². The zero-order valence-electron chi connectivity index (χ0n) is 6.92. The minimum absolute atomic E-state index is 0.445. The minimum Gasteiger partial charge on any atom is -0.362 e. The summed E-state index contributed by atoms with van der Waals surface area (Å²) in [4.78, 5) is 0. The molecule has 0 spiro atoms. The van der Waals surface area contributed by atoms with Crippen LogP contribution in [0.3, 0.4) is 0 Å². The number of ether oxygens (including phenoxy) is 1. The number of nitrogens with zero attached hydrogens (tertiary/aromatic N) is 1. The van der Waals surface area contributed by atoms with E-state index in [4.69, 9.17) is 33.2 Å². The topological polar surface area (TPSA) is 33.0 Å². The van der Waals surface area contributed by atoms with Crippen LogP contribution in [-0.4, -0.2) is 7.11 Å². The van der Waals surface area contributed by atoms with Crippen molar-refractivity contribution in [3.63, 3.8) is 0 Å². The molecule has 0 bridgehead atoms. The molecule has 1 aromatic rings. The summed E-state index contributed by atoms with van der Waals surface area (Å²) in [6.45, 7) is 0. The molecule has 0 aliphatic heterocycles. The van der Waals surface area contributed by atoms with Gasteiger partial charge in [0.25, 0.3) is 0 Å². The molecule has 0 saturated heterocycles. The van der Waals surface area contributed by atoms with Crippen LogP contribution < -0.4 is 0 Å². The van der Waals surface area contributed by atoms with E-state index >= 15 is 0 Å². The van der Waals surface area contributed by atoms with Crippen LogP contribution in [0.15, 0.2) is 18.2 Å². The summed E-state index contributed by atoms with van der Waals surface area (Å²) in [6, 6.07) is 7.02. The van der Waals surface area contributed by atoms with E-state index in [0.717, 1.165) is 0 Å². The lowest BCUT2D eigenvalue weighted by Gasteiger charge is -2.10. The van der Waals surface area contributed by atoms with E-state index in [-0.39, 0.29) is 0 Å². The Hall–Kier alpha value is -0.750. The maximum absolute atomic E-state index is 8.74. The van der Waals surface area contributed by atoms with E-state index in [0.29, 0.717) is 15.6 Å². The van der Waals surface area contributed by atoms with E-state index in [1.54, 1.807) is 18.2 Å². The van der Waals surface area contributed by atoms with Crippen LogP contribution in [0.4, 0.5) is 0 Å². The van der Waals surface area contributed by atoms with Crippen molar-refractivity contribution in [3.05, 3.63) is 33.8 Å². The second-order valence-electron chi connectivity index (χ2n) is 2.38. The van der Waals surface area contributed by atoms with Crippen LogP contribution in [0.5, 0.6) is 0 Å². The Morgan fingerprint density at radius 2 is 1.92 bits per heavy atom. The van der Waals surface area contributed by atoms with E-state index in [1.807, 2.05) is 6.07 Å². The minimum atomic E-state index is -0.707. The Labute approximate surface area is 86.6 Å². The maximum atomic E-state index is 8.74. The molecule has 0 aliphatic rings. The van der Waals surface area contributed by atoms with E-state index in [9.17, 15) is 0 Å². The molecule has 0 saturated carbocycles. The smallest absolute Gasteiger partial charge is 0.171 e. The largest absolute Gasteiger partial charge is 0.362 e. The second-order valence-corrected chi connectivity index (χ2v) is 3.19. The molecule has 13 heavy (non-hydrogen) atoms. The molecular weight excluding hydrogens is 209 g/mol. The highest BCUT2D eigenvalue weighted by Gasteiger charge is 2.16. The van der Waals surface area contributed by atoms with E-state index in [2.05, 4.69) is 0 Å². The predicted molar refractivity (Wildman–Crippen MR) is 51.8 cm³/mol. The van der Waals surface area contributed by atoms with Gasteiger partial charge >= 0.3 is 0 Å². The molecular formula is C9H7Cl2NO. The van der Waals surface area contributed by atoms with E-state index < -0.39 is 6.10 Å². The molecule has 0 aromatic heterocycles. The molecule has 4 heteroatoms. The summed E-state index contributed by atoms with van der Waals surface area (Å²) in [6.07, 6.45) is -0.707. The first kappa shape index (κ1) is 10.3. The fraction of sp³-hybridized carbons (Fsp3) is 0.222. The summed E-state index contributed by atoms with van der Waals surface area (Å²) in [5, 5.41) is 9.63. The van der Waals surface area contributed by atoms with Crippen LogP contribution in [0, 0.1) is 11.3 Å². The van der Waals surface area contributed by atoms with Gasteiger partial charge in [0.15, 0.2) is 6.10 Å². The van der Waals surface area contributed by atoms with E-state index in [1.165, 1.54) is 7.11 Å². The Morgan fingerprint density at radius 3 is 2.31 bits per heavy atom. The lowest BCUT2D eigenvalue weighted by Crippen LogP contribution is -1.99. The molecule has 1 rings (SSSR count). The summed E-state index contributed by atoms with van der Waals surface area (Å²) < 4.78 is 4.92. The summed E-state index contributed by atoms with van der Waals surface area (Å²) >= 11 is 11.7. The van der Waals surface area contributed by atoms with Gasteiger partial charge in [0, 0.05) is 22.7 Å². The highest BCUT2D eigenvalue weighted by molar-refractivity contribution is 6.36. The first-order chi connectivity index (χ1) is 6.20. The van der Waals surface area contributed by atoms with Gasteiger partial charge in [-0.1, -0.05) is 29.3 Å². The Kier molecular flexibility index (Phi) is 3.56. The van der Waals surface area contributed by atoms with Crippen molar-refractivity contribution < 1.29 is 4.74 Å². The van der Waals surface area contributed by atoms with Crippen LogP contribution >= 0.6 is 23.2 Å². The third kappa shape index (κ3) is 2.13. The van der Waals surface area contributed by atoms with Gasteiger partial charge in [-0.15, -0.1) is 0 Å². The molecule has 1 atom stereocenters. The van der Waals surface area contributed by atoms with Gasteiger partial charge in [0.05, 0.1) is 6.07 Å². The van der Waals surface area contributed by atoms with Crippen molar-refractivity contribution in [2.75, 3.05) is 7.11 Å². The standard InChI is InChI=1S/C9H7Cl2NO/c1-13-8(5-12)9-6(10)3-2-4-7(9)11/h2-4,8H,1H3. The molecule has 0 amide bonds. The highest BCUT2D eigenvalue weighted by atomic mass is 35.5. The average molecular weight is 216 g/mol. The number of benzene rings is 1. The predicted octanol–water partition coefficient (Wildman–Crippen LogP) is 3.20. The zero-order valence-corrected chi connectivity index (χ0v) is 8.43. The van der Waals surface area contributed by atoms with Crippen LogP contribution in [0.25, 0.3) is 0 Å². The van der Waals surface area contributed by atoms with Crippen LogP contribution in [0.1, 0.15) is 11.7 Å². The second kappa shape index (κ2) is 4.48. The average Bonchev–Trinajstić information content (AvgIpc) is 2.11. The number of hydrogen-bond donors (Lipinski definition) is 0. The lowest BCUT2D eigenvalue weighted by molar-refractivity contribution is 0.149. The third-order valence-electron chi connectivity index (χ3n) is 1.61. The van der Waals surface area contributed by atoms with Crippen molar-refractivity contribution in [3.8, 4) is 6.07 Å². The first-order valence-electron chi connectivity index (χ1n) is 3.57. The van der Waals surface area contributed by atoms with Crippen molar-refractivity contribution in [2.45, 2.75) is 6.10 Å². The number of halogens is 2. The van der Waals surface area contributed by atoms with Crippen molar-refractivity contribution in [1.29, 1.82) is 5.26 Å². The third-order valence-corrected chi connectivity index (χ3v) is 2.27. The highest BCUT2D eigenvalue weighted by Crippen LogP contribution is 2.31. The van der Waals surface area contributed by atoms with Gasteiger partial charge in [0.1, 0.15) is 0 Å². The summed E-state index contributed by atoms with van der Waals surface area (Å²) in [7, 11) is 1.44. The molecule has 0 heterocycles. The fourth-order valence-electron chi connectivity index (χ4n) is 0.996. The SMILES string of the molecule is COC(C#N)c1c(Cl)cccc1Cl. The molecule has 0 aliphatic carbocycles. The molecule has 0 radical (unpaired) electrons. The Balaban J connectivity index is 3.20. The van der Waals surface area contributed by atoms with Gasteiger partial charge in [-0.2, -0.15) is 5.26 Å². The Morgan fingerprint density at radius 1 is 1.38 bits per heavy atom.